The summed E-state index contributed by atoms with van der Waals surface area (Å²) in [7, 11) is 0. The topological polar surface area (TPSA) is 61.7 Å². The maximum atomic E-state index is 12.3. The molecule has 2 aromatic rings. The highest BCUT2D eigenvalue weighted by atomic mass is 16.3. The third-order valence-corrected chi connectivity index (χ3v) is 4.35. The SMILES string of the molecule is O=C(NN=C1CCCCCCC1)c1cc2ccccc2cc1O. The number of carbonyl (C=O) groups excluding carboxylic acids is 1. The molecular formula is C19H22N2O2. The summed E-state index contributed by atoms with van der Waals surface area (Å²) in [4.78, 5) is 12.3. The molecule has 0 unspecified atom stereocenters. The van der Waals surface area contributed by atoms with Crippen LogP contribution in [0.5, 0.6) is 5.75 Å². The average Bonchev–Trinajstić information content (AvgIpc) is 2.53. The number of amides is 1. The summed E-state index contributed by atoms with van der Waals surface area (Å²) < 4.78 is 0. The van der Waals surface area contributed by atoms with Gasteiger partial charge in [0.2, 0.25) is 0 Å². The number of rotatable bonds is 2. The van der Waals surface area contributed by atoms with Gasteiger partial charge in [-0.25, -0.2) is 5.43 Å². The van der Waals surface area contributed by atoms with Crippen molar-refractivity contribution in [1.82, 2.24) is 5.43 Å². The van der Waals surface area contributed by atoms with Crippen molar-refractivity contribution in [2.24, 2.45) is 5.10 Å². The summed E-state index contributed by atoms with van der Waals surface area (Å²) >= 11 is 0. The standard InChI is InChI=1S/C19H22N2O2/c22-18-13-15-9-7-6-8-14(15)12-17(18)19(23)21-20-16-10-4-2-1-3-5-11-16/h6-9,12-13,22H,1-5,10-11H2,(H,21,23). The fourth-order valence-electron chi connectivity index (χ4n) is 3.03. The number of hydrazone groups is 1. The van der Waals surface area contributed by atoms with Crippen LogP contribution in [-0.2, 0) is 0 Å². The van der Waals surface area contributed by atoms with Gasteiger partial charge in [-0.2, -0.15) is 5.10 Å². The van der Waals surface area contributed by atoms with E-state index >= 15 is 0 Å². The van der Waals surface area contributed by atoms with Gasteiger partial charge in [-0.3, -0.25) is 4.79 Å². The molecule has 2 aromatic carbocycles. The Morgan fingerprint density at radius 2 is 1.57 bits per heavy atom. The second kappa shape index (κ2) is 7.27. The molecule has 1 aliphatic rings. The number of carbonyl (C=O) groups is 1. The van der Waals surface area contributed by atoms with Crippen LogP contribution in [0.15, 0.2) is 41.5 Å². The lowest BCUT2D eigenvalue weighted by molar-refractivity contribution is 0.0952. The zero-order valence-electron chi connectivity index (χ0n) is 13.2. The van der Waals surface area contributed by atoms with Crippen LogP contribution in [-0.4, -0.2) is 16.7 Å². The van der Waals surface area contributed by atoms with Crippen LogP contribution >= 0.6 is 0 Å². The van der Waals surface area contributed by atoms with Crippen molar-refractivity contribution < 1.29 is 9.90 Å². The summed E-state index contributed by atoms with van der Waals surface area (Å²) in [6, 6.07) is 11.0. The van der Waals surface area contributed by atoms with Gasteiger partial charge in [0.05, 0.1) is 5.56 Å². The molecular weight excluding hydrogens is 288 g/mol. The van der Waals surface area contributed by atoms with Crippen LogP contribution in [0.2, 0.25) is 0 Å². The molecule has 0 spiro atoms. The monoisotopic (exact) mass is 310 g/mol. The van der Waals surface area contributed by atoms with Gasteiger partial charge < -0.3 is 5.11 Å². The predicted octanol–water partition coefficient (Wildman–Crippen LogP) is 4.38. The highest BCUT2D eigenvalue weighted by Crippen LogP contribution is 2.25. The number of phenolic OH excluding ortho intramolecular Hbond substituents is 1. The van der Waals surface area contributed by atoms with Crippen LogP contribution in [0.3, 0.4) is 0 Å². The lowest BCUT2D eigenvalue weighted by Gasteiger charge is -2.11. The molecule has 0 heterocycles. The lowest BCUT2D eigenvalue weighted by atomic mass is 9.99. The van der Waals surface area contributed by atoms with Gasteiger partial charge in [0.25, 0.3) is 5.91 Å². The van der Waals surface area contributed by atoms with Crippen molar-refractivity contribution in [2.75, 3.05) is 0 Å². The van der Waals surface area contributed by atoms with Crippen molar-refractivity contribution in [1.29, 1.82) is 0 Å². The zero-order valence-corrected chi connectivity index (χ0v) is 13.2. The fraction of sp³-hybridized carbons (Fsp3) is 0.368. The highest BCUT2D eigenvalue weighted by Gasteiger charge is 2.13. The van der Waals surface area contributed by atoms with E-state index in [9.17, 15) is 9.90 Å². The molecule has 1 fully saturated rings. The largest absolute Gasteiger partial charge is 0.507 e. The van der Waals surface area contributed by atoms with E-state index in [1.165, 1.54) is 19.3 Å². The zero-order chi connectivity index (χ0) is 16.1. The highest BCUT2D eigenvalue weighted by molar-refractivity contribution is 6.02. The molecule has 23 heavy (non-hydrogen) atoms. The normalized spacial score (nSPS) is 15.7. The number of fused-ring (bicyclic) bond motifs is 1. The van der Waals surface area contributed by atoms with Gasteiger partial charge in [-0.15, -0.1) is 0 Å². The maximum Gasteiger partial charge on any atom is 0.275 e. The first-order valence-electron chi connectivity index (χ1n) is 8.31. The summed E-state index contributed by atoms with van der Waals surface area (Å²) in [6.45, 7) is 0. The lowest BCUT2D eigenvalue weighted by Crippen LogP contribution is -2.20. The Kier molecular flexibility index (Phi) is 4.91. The first-order valence-corrected chi connectivity index (χ1v) is 8.31. The summed E-state index contributed by atoms with van der Waals surface area (Å²) in [5, 5.41) is 16.2. The molecule has 0 radical (unpaired) electrons. The van der Waals surface area contributed by atoms with Crippen molar-refractivity contribution in [3.63, 3.8) is 0 Å². The van der Waals surface area contributed by atoms with Gasteiger partial charge in [-0.05, 0) is 48.6 Å². The van der Waals surface area contributed by atoms with E-state index in [2.05, 4.69) is 10.5 Å². The van der Waals surface area contributed by atoms with Crippen molar-refractivity contribution in [3.8, 4) is 5.75 Å². The molecule has 4 nitrogen and oxygen atoms in total. The van der Waals surface area contributed by atoms with E-state index in [1.807, 2.05) is 24.3 Å². The molecule has 0 aliphatic heterocycles. The fourth-order valence-corrected chi connectivity index (χ4v) is 3.03. The third kappa shape index (κ3) is 3.89. The van der Waals surface area contributed by atoms with E-state index in [-0.39, 0.29) is 17.2 Å². The molecule has 4 heteroatoms. The number of hydrogen-bond acceptors (Lipinski definition) is 3. The van der Waals surface area contributed by atoms with Gasteiger partial charge >= 0.3 is 0 Å². The number of nitrogens with zero attached hydrogens (tertiary/aromatic N) is 1. The molecule has 120 valence electrons. The number of nitrogens with one attached hydrogen (secondary N) is 1. The van der Waals surface area contributed by atoms with Crippen LogP contribution in [0.25, 0.3) is 10.8 Å². The number of aromatic hydroxyl groups is 1. The minimum Gasteiger partial charge on any atom is -0.507 e. The Labute approximate surface area is 136 Å². The minimum atomic E-state index is -0.359. The van der Waals surface area contributed by atoms with Crippen LogP contribution in [0, 0.1) is 0 Å². The van der Waals surface area contributed by atoms with E-state index in [0.717, 1.165) is 42.2 Å². The van der Waals surface area contributed by atoms with E-state index in [0.29, 0.717) is 0 Å². The molecule has 3 rings (SSSR count). The molecule has 0 aromatic heterocycles. The van der Waals surface area contributed by atoms with Crippen molar-refractivity contribution >= 4 is 22.4 Å². The second-order valence-corrected chi connectivity index (χ2v) is 6.10. The Morgan fingerprint density at radius 1 is 0.957 bits per heavy atom. The number of hydrogen-bond donors (Lipinski definition) is 2. The van der Waals surface area contributed by atoms with E-state index in [4.69, 9.17) is 0 Å². The second-order valence-electron chi connectivity index (χ2n) is 6.10. The summed E-state index contributed by atoms with van der Waals surface area (Å²) in [5.41, 5.74) is 3.93. The molecule has 0 saturated heterocycles. The third-order valence-electron chi connectivity index (χ3n) is 4.35. The molecule has 0 atom stereocenters. The molecule has 0 bridgehead atoms. The average molecular weight is 310 g/mol. The Hall–Kier alpha value is -2.36. The van der Waals surface area contributed by atoms with E-state index in [1.54, 1.807) is 12.1 Å². The Balaban J connectivity index is 1.76. The summed E-state index contributed by atoms with van der Waals surface area (Å²) in [6.07, 6.45) is 7.93. The number of phenols is 1. The maximum absolute atomic E-state index is 12.3. The first-order chi connectivity index (χ1) is 11.2. The molecule has 1 aliphatic carbocycles. The number of benzene rings is 2. The van der Waals surface area contributed by atoms with Crippen LogP contribution < -0.4 is 5.43 Å². The van der Waals surface area contributed by atoms with Crippen molar-refractivity contribution in [3.05, 3.63) is 42.0 Å². The van der Waals surface area contributed by atoms with Gasteiger partial charge in [0.1, 0.15) is 5.75 Å². The van der Waals surface area contributed by atoms with Gasteiger partial charge in [0.15, 0.2) is 0 Å². The van der Waals surface area contributed by atoms with Gasteiger partial charge in [0, 0.05) is 5.71 Å². The smallest absolute Gasteiger partial charge is 0.275 e. The van der Waals surface area contributed by atoms with Crippen LogP contribution in [0.1, 0.15) is 55.3 Å². The van der Waals surface area contributed by atoms with E-state index < -0.39 is 0 Å². The van der Waals surface area contributed by atoms with Crippen LogP contribution in [0.4, 0.5) is 0 Å². The quantitative estimate of drug-likeness (QED) is 0.809. The predicted molar refractivity (Wildman–Crippen MR) is 92.8 cm³/mol. The van der Waals surface area contributed by atoms with Crippen molar-refractivity contribution in [2.45, 2.75) is 44.9 Å². The molecule has 1 amide bonds. The Bertz CT molecular complexity index is 727. The van der Waals surface area contributed by atoms with Gasteiger partial charge in [-0.1, -0.05) is 43.5 Å². The molecule has 1 saturated carbocycles. The summed E-state index contributed by atoms with van der Waals surface area (Å²) in [5.74, 6) is -0.373. The first kappa shape index (κ1) is 15.5. The minimum absolute atomic E-state index is 0.0148. The molecule has 2 N–H and O–H groups in total. The Morgan fingerprint density at radius 3 is 2.26 bits per heavy atom.